The number of carbonyl (C=O) groups excluding carboxylic acids is 1. The minimum Gasteiger partial charge on any atom is -0.489 e. The summed E-state index contributed by atoms with van der Waals surface area (Å²) < 4.78 is 22.0. The van der Waals surface area contributed by atoms with Crippen LogP contribution in [0.15, 0.2) is 42.5 Å². The molecule has 0 bridgehead atoms. The molecule has 148 valence electrons. The third-order valence-corrected chi connectivity index (χ3v) is 4.71. The molecule has 2 heterocycles. The maximum absolute atomic E-state index is 12.1. The Kier molecular flexibility index (Phi) is 5.82. The molecule has 0 unspecified atom stereocenters. The van der Waals surface area contributed by atoms with Crippen molar-refractivity contribution in [2.75, 3.05) is 25.3 Å². The highest BCUT2D eigenvalue weighted by molar-refractivity contribution is 5.89. The minimum atomic E-state index is -0.216. The third kappa shape index (κ3) is 4.86. The Balaban J connectivity index is 1.24. The molecule has 2 aromatic rings. The van der Waals surface area contributed by atoms with Crippen LogP contribution in [0.3, 0.4) is 0 Å². The molecule has 0 spiro atoms. The summed E-state index contributed by atoms with van der Waals surface area (Å²) in [4.78, 5) is 12.1. The first kappa shape index (κ1) is 18.4. The van der Waals surface area contributed by atoms with Crippen LogP contribution in [0.2, 0.25) is 0 Å². The molecule has 7 heteroatoms. The maximum atomic E-state index is 12.1. The van der Waals surface area contributed by atoms with Gasteiger partial charge in [0, 0.05) is 24.9 Å². The smallest absolute Gasteiger partial charge is 0.319 e. The zero-order valence-electron chi connectivity index (χ0n) is 15.6. The zero-order valence-corrected chi connectivity index (χ0v) is 15.6. The molecule has 2 aromatic carbocycles. The topological polar surface area (TPSA) is 78.1 Å². The largest absolute Gasteiger partial charge is 0.489 e. The van der Waals surface area contributed by atoms with E-state index in [-0.39, 0.29) is 18.9 Å². The van der Waals surface area contributed by atoms with Crippen molar-refractivity contribution in [1.82, 2.24) is 5.32 Å². The van der Waals surface area contributed by atoms with Crippen molar-refractivity contribution in [2.24, 2.45) is 0 Å². The Hall–Kier alpha value is -2.93. The van der Waals surface area contributed by atoms with E-state index in [1.165, 1.54) is 0 Å². The molecule has 1 atom stereocenters. The van der Waals surface area contributed by atoms with Gasteiger partial charge in [0.25, 0.3) is 0 Å². The molecule has 2 N–H and O–H groups in total. The van der Waals surface area contributed by atoms with Gasteiger partial charge >= 0.3 is 6.03 Å². The lowest BCUT2D eigenvalue weighted by Gasteiger charge is -2.12. The summed E-state index contributed by atoms with van der Waals surface area (Å²) in [6, 6.07) is 12.9. The van der Waals surface area contributed by atoms with Crippen LogP contribution in [0.25, 0.3) is 0 Å². The molecular formula is C21H24N2O5. The van der Waals surface area contributed by atoms with Crippen LogP contribution >= 0.6 is 0 Å². The zero-order chi connectivity index (χ0) is 19.2. The van der Waals surface area contributed by atoms with Crippen molar-refractivity contribution in [2.45, 2.75) is 32.0 Å². The number of benzene rings is 2. The van der Waals surface area contributed by atoms with Crippen molar-refractivity contribution in [3.8, 4) is 17.2 Å². The standard InChI is InChI=1S/C21H24N2O5/c24-21(22-9-8-17-5-2-10-25-17)23-16-4-1-3-15(11-16)13-26-18-6-7-19-20(12-18)28-14-27-19/h1,3-4,6-7,11-12,17H,2,5,8-10,13-14H2,(H2,22,23,24)/t17-/m0/s1. The van der Waals surface area contributed by atoms with E-state index in [1.807, 2.05) is 42.5 Å². The molecule has 0 aliphatic carbocycles. The summed E-state index contributed by atoms with van der Waals surface area (Å²) in [6.45, 7) is 2.06. The van der Waals surface area contributed by atoms with Gasteiger partial charge in [0.15, 0.2) is 11.5 Å². The highest BCUT2D eigenvalue weighted by Gasteiger charge is 2.15. The Morgan fingerprint density at radius 3 is 2.96 bits per heavy atom. The number of nitrogens with one attached hydrogen (secondary N) is 2. The molecule has 2 aliphatic rings. The van der Waals surface area contributed by atoms with Crippen molar-refractivity contribution in [3.63, 3.8) is 0 Å². The summed E-state index contributed by atoms with van der Waals surface area (Å²) in [5, 5.41) is 5.73. The Labute approximate surface area is 163 Å². The van der Waals surface area contributed by atoms with Crippen LogP contribution < -0.4 is 24.8 Å². The first-order valence-electron chi connectivity index (χ1n) is 9.54. The van der Waals surface area contributed by atoms with Crippen molar-refractivity contribution >= 4 is 11.7 Å². The Morgan fingerprint density at radius 1 is 1.14 bits per heavy atom. The van der Waals surface area contributed by atoms with Gasteiger partial charge < -0.3 is 29.6 Å². The summed E-state index contributed by atoms with van der Waals surface area (Å²) >= 11 is 0. The lowest BCUT2D eigenvalue weighted by molar-refractivity contribution is 0.105. The molecule has 2 amide bonds. The monoisotopic (exact) mass is 384 g/mol. The molecule has 7 nitrogen and oxygen atoms in total. The van der Waals surface area contributed by atoms with Gasteiger partial charge in [0.2, 0.25) is 6.79 Å². The van der Waals surface area contributed by atoms with Gasteiger partial charge in [0.1, 0.15) is 12.4 Å². The van der Waals surface area contributed by atoms with Crippen molar-refractivity contribution in [3.05, 3.63) is 48.0 Å². The predicted molar refractivity (Wildman–Crippen MR) is 104 cm³/mol. The number of urea groups is 1. The van der Waals surface area contributed by atoms with Crippen LogP contribution in [0.4, 0.5) is 10.5 Å². The molecule has 2 aliphatic heterocycles. The first-order chi connectivity index (χ1) is 13.8. The summed E-state index contributed by atoms with van der Waals surface area (Å²) in [7, 11) is 0. The van der Waals surface area contributed by atoms with E-state index in [9.17, 15) is 4.79 Å². The second-order valence-electron chi connectivity index (χ2n) is 6.81. The highest BCUT2D eigenvalue weighted by Crippen LogP contribution is 2.35. The van der Waals surface area contributed by atoms with Crippen LogP contribution in [0.5, 0.6) is 17.2 Å². The average molecular weight is 384 g/mol. The van der Waals surface area contributed by atoms with E-state index in [0.29, 0.717) is 24.7 Å². The summed E-state index contributed by atoms with van der Waals surface area (Å²) in [5.74, 6) is 2.12. The van der Waals surface area contributed by atoms with E-state index >= 15 is 0 Å². The molecular weight excluding hydrogens is 360 g/mol. The average Bonchev–Trinajstić information content (AvgIpc) is 3.38. The Bertz CT molecular complexity index is 820. The Morgan fingerprint density at radius 2 is 2.07 bits per heavy atom. The molecule has 28 heavy (non-hydrogen) atoms. The van der Waals surface area contributed by atoms with E-state index in [4.69, 9.17) is 18.9 Å². The van der Waals surface area contributed by atoms with Crippen LogP contribution in [-0.2, 0) is 11.3 Å². The van der Waals surface area contributed by atoms with Crippen LogP contribution in [0.1, 0.15) is 24.8 Å². The fraction of sp³-hybridized carbons (Fsp3) is 0.381. The van der Waals surface area contributed by atoms with Gasteiger partial charge in [-0.05, 0) is 49.1 Å². The summed E-state index contributed by atoms with van der Waals surface area (Å²) in [6.07, 6.45) is 3.31. The summed E-state index contributed by atoms with van der Waals surface area (Å²) in [5.41, 5.74) is 1.68. The number of hydrogen-bond acceptors (Lipinski definition) is 5. The van der Waals surface area contributed by atoms with Crippen molar-refractivity contribution < 1.29 is 23.7 Å². The van der Waals surface area contributed by atoms with E-state index in [0.717, 1.165) is 42.9 Å². The van der Waals surface area contributed by atoms with Gasteiger partial charge in [-0.3, -0.25) is 0 Å². The number of ether oxygens (including phenoxy) is 4. The predicted octanol–water partition coefficient (Wildman–Crippen LogP) is 3.68. The third-order valence-electron chi connectivity index (χ3n) is 4.71. The van der Waals surface area contributed by atoms with Crippen LogP contribution in [0, 0.1) is 0 Å². The molecule has 0 saturated carbocycles. The van der Waals surface area contributed by atoms with E-state index in [1.54, 1.807) is 0 Å². The lowest BCUT2D eigenvalue weighted by Crippen LogP contribution is -2.31. The van der Waals surface area contributed by atoms with E-state index < -0.39 is 0 Å². The lowest BCUT2D eigenvalue weighted by atomic mass is 10.2. The second kappa shape index (κ2) is 8.84. The van der Waals surface area contributed by atoms with Crippen molar-refractivity contribution in [1.29, 1.82) is 0 Å². The number of carbonyl (C=O) groups is 1. The number of rotatable bonds is 7. The number of anilines is 1. The number of amides is 2. The van der Waals surface area contributed by atoms with Gasteiger partial charge in [0.05, 0.1) is 6.10 Å². The first-order valence-corrected chi connectivity index (χ1v) is 9.54. The van der Waals surface area contributed by atoms with Gasteiger partial charge in [-0.2, -0.15) is 0 Å². The fourth-order valence-electron chi connectivity index (χ4n) is 3.27. The van der Waals surface area contributed by atoms with Crippen LogP contribution in [-0.4, -0.2) is 32.1 Å². The second-order valence-corrected chi connectivity index (χ2v) is 6.81. The molecule has 0 aromatic heterocycles. The molecule has 1 fully saturated rings. The SMILES string of the molecule is O=C(NCC[C@@H]1CCCO1)Nc1cccc(COc2ccc3c(c2)OCO3)c1. The van der Waals surface area contributed by atoms with Gasteiger partial charge in [-0.1, -0.05) is 12.1 Å². The van der Waals surface area contributed by atoms with E-state index in [2.05, 4.69) is 10.6 Å². The molecule has 0 radical (unpaired) electrons. The van der Waals surface area contributed by atoms with Gasteiger partial charge in [-0.25, -0.2) is 4.79 Å². The fourth-order valence-corrected chi connectivity index (χ4v) is 3.27. The normalized spacial score (nSPS) is 17.4. The highest BCUT2D eigenvalue weighted by atomic mass is 16.7. The number of hydrogen-bond donors (Lipinski definition) is 2. The number of fused-ring (bicyclic) bond motifs is 1. The molecule has 1 saturated heterocycles. The van der Waals surface area contributed by atoms with Gasteiger partial charge in [-0.15, -0.1) is 0 Å². The molecule has 4 rings (SSSR count). The quantitative estimate of drug-likeness (QED) is 0.761. The maximum Gasteiger partial charge on any atom is 0.319 e. The minimum absolute atomic E-state index is 0.216.